The van der Waals surface area contributed by atoms with E-state index < -0.39 is 6.10 Å². The summed E-state index contributed by atoms with van der Waals surface area (Å²) in [4.78, 5) is 2.32. The largest absolute Gasteiger partial charge is 0.489 e. The van der Waals surface area contributed by atoms with Gasteiger partial charge in [0, 0.05) is 17.6 Å². The van der Waals surface area contributed by atoms with Gasteiger partial charge in [-0.1, -0.05) is 29.6 Å². The normalized spacial score (nSPS) is 21.7. The molecule has 1 aliphatic heterocycles. The molecule has 0 saturated carbocycles. The molecule has 1 saturated heterocycles. The molecule has 3 nitrogen and oxygen atoms in total. The van der Waals surface area contributed by atoms with E-state index in [1.165, 1.54) is 19.3 Å². The second-order valence-corrected chi connectivity index (χ2v) is 6.22. The molecule has 1 heterocycles. The Bertz CT molecular complexity index is 442. The van der Waals surface area contributed by atoms with E-state index in [9.17, 15) is 5.11 Å². The first kappa shape index (κ1) is 15.9. The molecule has 1 aliphatic rings. The molecule has 0 amide bonds. The van der Waals surface area contributed by atoms with E-state index in [2.05, 4.69) is 11.8 Å². The Kier molecular flexibility index (Phi) is 5.97. The minimum atomic E-state index is -0.512. The first-order valence-corrected chi connectivity index (χ1v) is 7.82. The molecular weight excluding hydrogens is 297 g/mol. The number of rotatable bonds is 5. The van der Waals surface area contributed by atoms with E-state index in [4.69, 9.17) is 27.9 Å². The average Bonchev–Trinajstić information content (AvgIpc) is 2.40. The van der Waals surface area contributed by atoms with Gasteiger partial charge in [-0.3, -0.25) is 4.90 Å². The van der Waals surface area contributed by atoms with Crippen LogP contribution in [0, 0.1) is 0 Å². The molecule has 0 bridgehead atoms. The fraction of sp³-hybridized carbons (Fsp3) is 0.600. The highest BCUT2D eigenvalue weighted by atomic mass is 35.5. The summed E-state index contributed by atoms with van der Waals surface area (Å²) in [6.07, 6.45) is 3.18. The lowest BCUT2D eigenvalue weighted by Gasteiger charge is -2.34. The Morgan fingerprint density at radius 2 is 2.20 bits per heavy atom. The van der Waals surface area contributed by atoms with E-state index in [-0.39, 0.29) is 6.61 Å². The van der Waals surface area contributed by atoms with E-state index in [0.29, 0.717) is 28.4 Å². The molecular formula is C15H21Cl2NO2. The summed E-state index contributed by atoms with van der Waals surface area (Å²) in [6, 6.07) is 5.62. The molecule has 112 valence electrons. The van der Waals surface area contributed by atoms with Crippen LogP contribution in [0.3, 0.4) is 0 Å². The van der Waals surface area contributed by atoms with Crippen molar-refractivity contribution < 1.29 is 9.84 Å². The van der Waals surface area contributed by atoms with Crippen molar-refractivity contribution in [2.24, 2.45) is 0 Å². The van der Waals surface area contributed by atoms with E-state index in [0.717, 1.165) is 6.54 Å². The lowest BCUT2D eigenvalue weighted by Crippen LogP contribution is -2.43. The zero-order valence-electron chi connectivity index (χ0n) is 11.7. The molecule has 0 radical (unpaired) electrons. The van der Waals surface area contributed by atoms with Crippen molar-refractivity contribution in [3.63, 3.8) is 0 Å². The predicted octanol–water partition coefficient (Wildman–Crippen LogP) is 3.61. The van der Waals surface area contributed by atoms with Gasteiger partial charge in [-0.05, 0) is 44.5 Å². The molecule has 20 heavy (non-hydrogen) atoms. The fourth-order valence-electron chi connectivity index (χ4n) is 2.53. The van der Waals surface area contributed by atoms with Crippen LogP contribution in [0.2, 0.25) is 10.0 Å². The Balaban J connectivity index is 1.81. The van der Waals surface area contributed by atoms with Crippen molar-refractivity contribution in [3.8, 4) is 5.75 Å². The van der Waals surface area contributed by atoms with Crippen LogP contribution in [0.5, 0.6) is 5.75 Å². The lowest BCUT2D eigenvalue weighted by atomic mass is 10.0. The number of hydrogen-bond donors (Lipinski definition) is 1. The van der Waals surface area contributed by atoms with Crippen LogP contribution in [0.15, 0.2) is 18.2 Å². The van der Waals surface area contributed by atoms with Gasteiger partial charge in [0.05, 0.1) is 5.02 Å². The number of β-amino-alcohol motifs (C(OH)–C–C–N with tert-alkyl or cyclic N) is 1. The van der Waals surface area contributed by atoms with Gasteiger partial charge in [0.25, 0.3) is 0 Å². The summed E-state index contributed by atoms with van der Waals surface area (Å²) in [7, 11) is 0. The molecule has 1 N–H and O–H groups in total. The van der Waals surface area contributed by atoms with Crippen LogP contribution in [0.25, 0.3) is 0 Å². The number of likely N-dealkylation sites (tertiary alicyclic amines) is 1. The second-order valence-electron chi connectivity index (χ2n) is 5.38. The molecule has 1 aromatic carbocycles. The van der Waals surface area contributed by atoms with Gasteiger partial charge >= 0.3 is 0 Å². The third-order valence-corrected chi connectivity index (χ3v) is 4.24. The lowest BCUT2D eigenvalue weighted by molar-refractivity contribution is 0.0438. The first-order valence-electron chi connectivity index (χ1n) is 7.06. The summed E-state index contributed by atoms with van der Waals surface area (Å²) in [6.45, 7) is 4.15. The first-order chi connectivity index (χ1) is 9.56. The minimum absolute atomic E-state index is 0.241. The maximum atomic E-state index is 10.1. The Hall–Kier alpha value is -0.480. The van der Waals surface area contributed by atoms with Gasteiger partial charge in [0.1, 0.15) is 18.5 Å². The third kappa shape index (κ3) is 4.52. The second kappa shape index (κ2) is 7.51. The van der Waals surface area contributed by atoms with Gasteiger partial charge in [0.15, 0.2) is 0 Å². The number of piperidine rings is 1. The third-order valence-electron chi connectivity index (χ3n) is 3.71. The van der Waals surface area contributed by atoms with Crippen LogP contribution in [-0.4, -0.2) is 41.8 Å². The number of hydrogen-bond acceptors (Lipinski definition) is 3. The summed E-state index contributed by atoms with van der Waals surface area (Å²) in [5.74, 6) is 0.557. The molecule has 1 aromatic rings. The van der Waals surface area contributed by atoms with Crippen LogP contribution < -0.4 is 4.74 Å². The topological polar surface area (TPSA) is 32.7 Å². The highest BCUT2D eigenvalue weighted by Crippen LogP contribution is 2.27. The molecule has 2 atom stereocenters. The molecule has 0 aliphatic carbocycles. The minimum Gasteiger partial charge on any atom is -0.489 e. The highest BCUT2D eigenvalue weighted by molar-refractivity contribution is 6.35. The molecule has 1 fully saturated rings. The summed E-state index contributed by atoms with van der Waals surface area (Å²) in [5.41, 5.74) is 0. The SMILES string of the molecule is C[C@H]1CCCCN1C[C@H](O)COc1ccc(Cl)cc1Cl. The Morgan fingerprint density at radius 1 is 1.40 bits per heavy atom. The quantitative estimate of drug-likeness (QED) is 0.900. The summed E-state index contributed by atoms with van der Waals surface area (Å²) < 4.78 is 5.56. The maximum Gasteiger partial charge on any atom is 0.138 e. The van der Waals surface area contributed by atoms with Gasteiger partial charge in [-0.2, -0.15) is 0 Å². The predicted molar refractivity (Wildman–Crippen MR) is 82.8 cm³/mol. The van der Waals surface area contributed by atoms with Crippen molar-refractivity contribution in [1.29, 1.82) is 0 Å². The van der Waals surface area contributed by atoms with Crippen LogP contribution in [0.4, 0.5) is 0 Å². The van der Waals surface area contributed by atoms with E-state index in [1.807, 2.05) is 0 Å². The van der Waals surface area contributed by atoms with Crippen molar-refractivity contribution >= 4 is 23.2 Å². The summed E-state index contributed by atoms with van der Waals surface area (Å²) in [5, 5.41) is 11.1. The number of aliphatic hydroxyl groups excluding tert-OH is 1. The highest BCUT2D eigenvalue weighted by Gasteiger charge is 2.21. The average molecular weight is 318 g/mol. The molecule has 0 unspecified atom stereocenters. The maximum absolute atomic E-state index is 10.1. The summed E-state index contributed by atoms with van der Waals surface area (Å²) >= 11 is 11.9. The number of nitrogens with zero attached hydrogens (tertiary/aromatic N) is 1. The monoisotopic (exact) mass is 317 g/mol. The Labute approximate surface area is 130 Å². The number of halogens is 2. The molecule has 2 rings (SSSR count). The van der Waals surface area contributed by atoms with Crippen molar-refractivity contribution in [1.82, 2.24) is 4.90 Å². The fourth-order valence-corrected chi connectivity index (χ4v) is 2.99. The van der Waals surface area contributed by atoms with Crippen molar-refractivity contribution in [3.05, 3.63) is 28.2 Å². The standard InChI is InChI=1S/C15H21Cl2NO2/c1-11-4-2-3-7-18(11)9-13(19)10-20-15-6-5-12(16)8-14(15)17/h5-6,8,11,13,19H,2-4,7,9-10H2,1H3/t11-,13-/m0/s1. The molecule has 0 spiro atoms. The van der Waals surface area contributed by atoms with Crippen LogP contribution in [-0.2, 0) is 0 Å². The zero-order valence-corrected chi connectivity index (χ0v) is 13.2. The zero-order chi connectivity index (χ0) is 14.5. The van der Waals surface area contributed by atoms with Gasteiger partial charge in [0.2, 0.25) is 0 Å². The van der Waals surface area contributed by atoms with Crippen LogP contribution >= 0.6 is 23.2 Å². The molecule has 5 heteroatoms. The Morgan fingerprint density at radius 3 is 2.90 bits per heavy atom. The number of ether oxygens (including phenoxy) is 1. The van der Waals surface area contributed by atoms with Crippen LogP contribution in [0.1, 0.15) is 26.2 Å². The van der Waals surface area contributed by atoms with E-state index in [1.54, 1.807) is 18.2 Å². The van der Waals surface area contributed by atoms with E-state index >= 15 is 0 Å². The van der Waals surface area contributed by atoms with Gasteiger partial charge in [-0.25, -0.2) is 0 Å². The molecule has 0 aromatic heterocycles. The van der Waals surface area contributed by atoms with Crippen molar-refractivity contribution in [2.45, 2.75) is 38.3 Å². The number of aliphatic hydroxyl groups is 1. The van der Waals surface area contributed by atoms with Crippen molar-refractivity contribution in [2.75, 3.05) is 19.7 Å². The van der Waals surface area contributed by atoms with Gasteiger partial charge in [-0.15, -0.1) is 0 Å². The van der Waals surface area contributed by atoms with Gasteiger partial charge < -0.3 is 9.84 Å². The smallest absolute Gasteiger partial charge is 0.138 e. The number of benzene rings is 1.